The lowest BCUT2D eigenvalue weighted by Crippen LogP contribution is -2.39. The van der Waals surface area contributed by atoms with Crippen molar-refractivity contribution in [1.82, 2.24) is 9.55 Å². The first-order valence-electron chi connectivity index (χ1n) is 4.82. The number of aromatic nitrogens is 2. The van der Waals surface area contributed by atoms with E-state index in [1.807, 2.05) is 25.3 Å². The Balaban J connectivity index is 2.89. The maximum absolute atomic E-state index is 11.3. The zero-order valence-corrected chi connectivity index (χ0v) is 9.52. The van der Waals surface area contributed by atoms with Gasteiger partial charge in [0.15, 0.2) is 0 Å². The van der Waals surface area contributed by atoms with E-state index in [4.69, 9.17) is 5.73 Å². The van der Waals surface area contributed by atoms with Crippen molar-refractivity contribution in [3.05, 3.63) is 17.7 Å². The van der Waals surface area contributed by atoms with Crippen LogP contribution in [0.5, 0.6) is 0 Å². The minimum absolute atomic E-state index is 0.154. The quantitative estimate of drug-likeness (QED) is 0.742. The topological polar surface area (TPSA) is 70.1 Å². The van der Waals surface area contributed by atoms with Gasteiger partial charge in [-0.25, -0.2) is 4.98 Å². The van der Waals surface area contributed by atoms with Crippen molar-refractivity contribution >= 4 is 5.97 Å². The summed E-state index contributed by atoms with van der Waals surface area (Å²) in [6.07, 6.45) is 1.69. The van der Waals surface area contributed by atoms with E-state index < -0.39 is 12.0 Å². The van der Waals surface area contributed by atoms with Crippen LogP contribution in [-0.2, 0) is 9.53 Å². The summed E-state index contributed by atoms with van der Waals surface area (Å²) < 4.78 is 6.49. The number of hydrogen-bond donors (Lipinski definition) is 1. The second kappa shape index (κ2) is 4.44. The number of carbonyl (C=O) groups is 1. The molecular weight excluding hydrogens is 194 g/mol. The molecule has 0 fully saturated rings. The third-order valence-electron chi connectivity index (χ3n) is 2.72. The Bertz CT molecular complexity index is 360. The fourth-order valence-corrected chi connectivity index (χ4v) is 1.43. The van der Waals surface area contributed by atoms with Crippen LogP contribution in [0.1, 0.15) is 24.4 Å². The first-order chi connectivity index (χ1) is 6.99. The number of imidazole rings is 1. The Hall–Kier alpha value is -1.36. The number of nitrogens with zero attached hydrogens (tertiary/aromatic N) is 2. The van der Waals surface area contributed by atoms with E-state index >= 15 is 0 Å². The Morgan fingerprint density at radius 2 is 2.20 bits per heavy atom. The van der Waals surface area contributed by atoms with Crippen LogP contribution in [-0.4, -0.2) is 28.7 Å². The van der Waals surface area contributed by atoms with E-state index in [2.05, 4.69) is 9.72 Å². The lowest BCUT2D eigenvalue weighted by atomic mass is 10.1. The highest BCUT2D eigenvalue weighted by molar-refractivity contribution is 5.75. The molecule has 5 heteroatoms. The van der Waals surface area contributed by atoms with E-state index in [0.717, 1.165) is 11.4 Å². The Morgan fingerprint density at radius 1 is 1.60 bits per heavy atom. The fraction of sp³-hybridized carbons (Fsp3) is 0.600. The maximum atomic E-state index is 11.3. The van der Waals surface area contributed by atoms with Crippen LogP contribution in [0.15, 0.2) is 6.33 Å². The molecule has 5 nitrogen and oxygen atoms in total. The van der Waals surface area contributed by atoms with Crippen molar-refractivity contribution in [2.45, 2.75) is 32.9 Å². The fourth-order valence-electron chi connectivity index (χ4n) is 1.43. The van der Waals surface area contributed by atoms with E-state index in [-0.39, 0.29) is 6.04 Å². The summed E-state index contributed by atoms with van der Waals surface area (Å²) in [7, 11) is 1.33. The van der Waals surface area contributed by atoms with E-state index in [0.29, 0.717) is 0 Å². The average Bonchev–Trinajstić information content (AvgIpc) is 2.56. The molecule has 1 aromatic rings. The van der Waals surface area contributed by atoms with Gasteiger partial charge in [-0.15, -0.1) is 0 Å². The van der Waals surface area contributed by atoms with Crippen LogP contribution in [0.4, 0.5) is 0 Å². The normalized spacial score (nSPS) is 14.7. The van der Waals surface area contributed by atoms with Gasteiger partial charge in [0.25, 0.3) is 0 Å². The molecule has 0 bridgehead atoms. The number of nitrogens with two attached hydrogens (primary N) is 1. The lowest BCUT2D eigenvalue weighted by Gasteiger charge is -2.20. The predicted octanol–water partition coefficient (Wildman–Crippen LogP) is 0.561. The van der Waals surface area contributed by atoms with Crippen LogP contribution >= 0.6 is 0 Å². The second-order valence-corrected chi connectivity index (χ2v) is 3.61. The smallest absolute Gasteiger partial charge is 0.324 e. The summed E-state index contributed by atoms with van der Waals surface area (Å²) in [6, 6.07) is -0.819. The van der Waals surface area contributed by atoms with Crippen molar-refractivity contribution in [2.24, 2.45) is 5.73 Å². The number of rotatable bonds is 3. The van der Waals surface area contributed by atoms with E-state index in [1.54, 1.807) is 6.33 Å². The van der Waals surface area contributed by atoms with Crippen molar-refractivity contribution in [3.63, 3.8) is 0 Å². The van der Waals surface area contributed by atoms with E-state index in [1.165, 1.54) is 7.11 Å². The van der Waals surface area contributed by atoms with Crippen LogP contribution in [0.3, 0.4) is 0 Å². The van der Waals surface area contributed by atoms with Crippen molar-refractivity contribution in [2.75, 3.05) is 7.11 Å². The van der Waals surface area contributed by atoms with Crippen LogP contribution in [0.25, 0.3) is 0 Å². The molecule has 0 saturated carbocycles. The maximum Gasteiger partial charge on any atom is 0.324 e. The number of carbonyl (C=O) groups excluding carboxylic acids is 1. The molecule has 2 unspecified atom stereocenters. The predicted molar refractivity (Wildman–Crippen MR) is 56.4 cm³/mol. The van der Waals surface area contributed by atoms with Gasteiger partial charge in [-0.05, 0) is 20.8 Å². The monoisotopic (exact) mass is 211 g/mol. The molecule has 0 aromatic carbocycles. The molecule has 0 spiro atoms. The Kier molecular flexibility index (Phi) is 3.47. The first-order valence-corrected chi connectivity index (χ1v) is 4.82. The molecule has 0 aliphatic heterocycles. The molecule has 2 N–H and O–H groups in total. The molecule has 1 heterocycles. The molecule has 84 valence electrons. The molecule has 0 aliphatic carbocycles. The second-order valence-electron chi connectivity index (χ2n) is 3.61. The Labute approximate surface area is 89.2 Å². The number of aryl methyl sites for hydroxylation is 1. The van der Waals surface area contributed by atoms with E-state index in [9.17, 15) is 4.79 Å². The third-order valence-corrected chi connectivity index (χ3v) is 2.72. The van der Waals surface area contributed by atoms with Gasteiger partial charge in [0.2, 0.25) is 0 Å². The highest BCUT2D eigenvalue weighted by Gasteiger charge is 2.24. The minimum atomic E-state index is -0.665. The van der Waals surface area contributed by atoms with Crippen LogP contribution in [0.2, 0.25) is 0 Å². The lowest BCUT2D eigenvalue weighted by molar-refractivity contribution is -0.143. The van der Waals surface area contributed by atoms with Crippen molar-refractivity contribution in [3.8, 4) is 0 Å². The molecule has 2 atom stereocenters. The van der Waals surface area contributed by atoms with Gasteiger partial charge in [-0.1, -0.05) is 0 Å². The summed E-state index contributed by atoms with van der Waals surface area (Å²) >= 11 is 0. The number of ether oxygens (including phenoxy) is 1. The summed E-state index contributed by atoms with van der Waals surface area (Å²) in [5.41, 5.74) is 7.72. The first kappa shape index (κ1) is 11.7. The summed E-state index contributed by atoms with van der Waals surface area (Å²) in [4.78, 5) is 15.4. The SMILES string of the molecule is COC(=O)C(N)C(C)n1cnc(C)c1C. The van der Waals surface area contributed by atoms with Gasteiger partial charge in [0.1, 0.15) is 6.04 Å². The standard InChI is InChI=1S/C10H17N3O2/c1-6-7(2)13(5-12-6)8(3)9(11)10(14)15-4/h5,8-9H,11H2,1-4H3. The van der Waals surface area contributed by atoms with Gasteiger partial charge in [-0.3, -0.25) is 4.79 Å². The van der Waals surface area contributed by atoms with Crippen LogP contribution < -0.4 is 5.73 Å². The molecular formula is C10H17N3O2. The molecule has 1 rings (SSSR count). The van der Waals surface area contributed by atoms with Gasteiger partial charge in [0, 0.05) is 5.69 Å². The molecule has 1 aromatic heterocycles. The van der Waals surface area contributed by atoms with Gasteiger partial charge < -0.3 is 15.0 Å². The minimum Gasteiger partial charge on any atom is -0.468 e. The molecule has 0 radical (unpaired) electrons. The molecule has 0 amide bonds. The highest BCUT2D eigenvalue weighted by Crippen LogP contribution is 2.15. The van der Waals surface area contributed by atoms with Gasteiger partial charge >= 0.3 is 5.97 Å². The van der Waals surface area contributed by atoms with Gasteiger partial charge in [0.05, 0.1) is 25.2 Å². The number of hydrogen-bond acceptors (Lipinski definition) is 4. The largest absolute Gasteiger partial charge is 0.468 e. The number of methoxy groups -OCH3 is 1. The zero-order valence-electron chi connectivity index (χ0n) is 9.52. The summed E-state index contributed by atoms with van der Waals surface area (Å²) in [5.74, 6) is -0.409. The van der Waals surface area contributed by atoms with Gasteiger partial charge in [-0.2, -0.15) is 0 Å². The number of esters is 1. The summed E-state index contributed by atoms with van der Waals surface area (Å²) in [6.45, 7) is 5.74. The third kappa shape index (κ3) is 2.18. The zero-order chi connectivity index (χ0) is 11.6. The van der Waals surface area contributed by atoms with Crippen molar-refractivity contribution in [1.29, 1.82) is 0 Å². The Morgan fingerprint density at radius 3 is 2.60 bits per heavy atom. The molecule has 15 heavy (non-hydrogen) atoms. The van der Waals surface area contributed by atoms with Crippen LogP contribution in [0, 0.1) is 13.8 Å². The van der Waals surface area contributed by atoms with Crippen molar-refractivity contribution < 1.29 is 9.53 Å². The molecule has 0 aliphatic rings. The molecule has 0 saturated heterocycles. The summed E-state index contributed by atoms with van der Waals surface area (Å²) in [5, 5.41) is 0. The highest BCUT2D eigenvalue weighted by atomic mass is 16.5. The average molecular weight is 211 g/mol.